The van der Waals surface area contributed by atoms with Crippen molar-refractivity contribution < 1.29 is 27.7 Å². The molecule has 3 rings (SSSR count). The number of nitrogens with one attached hydrogen (secondary N) is 1. The van der Waals surface area contributed by atoms with Crippen LogP contribution < -0.4 is 14.4 Å². The third kappa shape index (κ3) is 9.03. The number of anilines is 1. The average Bonchev–Trinajstić information content (AvgIpc) is 2.96. The largest absolute Gasteiger partial charge is 0.497 e. The van der Waals surface area contributed by atoms with Crippen molar-refractivity contribution in [1.29, 1.82) is 0 Å². The third-order valence-electron chi connectivity index (χ3n) is 6.45. The zero-order chi connectivity index (χ0) is 30.9. The van der Waals surface area contributed by atoms with Crippen LogP contribution in [0.3, 0.4) is 0 Å². The Morgan fingerprint density at radius 1 is 0.976 bits per heavy atom. The van der Waals surface area contributed by atoms with Gasteiger partial charge in [-0.3, -0.25) is 24.0 Å². The van der Waals surface area contributed by atoms with Crippen LogP contribution in [-0.4, -0.2) is 62.6 Å². The van der Waals surface area contributed by atoms with Crippen LogP contribution in [0.4, 0.5) is 11.4 Å². The number of hydrogen-bond donors (Lipinski definition) is 1. The molecule has 42 heavy (non-hydrogen) atoms. The molecule has 0 aliphatic rings. The number of ether oxygens (including phenoxy) is 1. The van der Waals surface area contributed by atoms with E-state index in [-0.39, 0.29) is 36.2 Å². The molecule has 0 aliphatic carbocycles. The van der Waals surface area contributed by atoms with E-state index in [9.17, 15) is 28.1 Å². The molecule has 224 valence electrons. The molecule has 0 saturated heterocycles. The average molecular weight is 597 g/mol. The first-order valence-corrected chi connectivity index (χ1v) is 15.2. The highest BCUT2D eigenvalue weighted by molar-refractivity contribution is 7.92. The quantitative estimate of drug-likeness (QED) is 0.221. The van der Waals surface area contributed by atoms with Crippen molar-refractivity contribution >= 4 is 33.2 Å². The van der Waals surface area contributed by atoms with E-state index in [0.29, 0.717) is 17.9 Å². The fourth-order valence-corrected chi connectivity index (χ4v) is 5.16. The second kappa shape index (κ2) is 14.4. The number of methoxy groups -OCH3 is 1. The predicted octanol–water partition coefficient (Wildman–Crippen LogP) is 3.78. The lowest BCUT2D eigenvalue weighted by atomic mass is 10.0. The number of hydrogen-bond acceptors (Lipinski definition) is 7. The van der Waals surface area contributed by atoms with Gasteiger partial charge in [-0.25, -0.2) is 8.42 Å². The van der Waals surface area contributed by atoms with E-state index in [0.717, 1.165) is 22.2 Å². The van der Waals surface area contributed by atoms with Crippen LogP contribution in [0.2, 0.25) is 0 Å². The Bertz CT molecular complexity index is 1500. The second-order valence-electron chi connectivity index (χ2n) is 10.3. The summed E-state index contributed by atoms with van der Waals surface area (Å²) in [4.78, 5) is 39.8. The first-order chi connectivity index (χ1) is 19.9. The summed E-state index contributed by atoms with van der Waals surface area (Å²) in [6.45, 7) is 3.60. The number of rotatable bonds is 14. The van der Waals surface area contributed by atoms with Gasteiger partial charge in [0, 0.05) is 31.6 Å². The lowest BCUT2D eigenvalue weighted by Gasteiger charge is -2.33. The molecule has 0 bridgehead atoms. The number of nitro groups is 1. The minimum absolute atomic E-state index is 0.0187. The van der Waals surface area contributed by atoms with Crippen molar-refractivity contribution in [1.82, 2.24) is 10.2 Å². The van der Waals surface area contributed by atoms with Crippen molar-refractivity contribution in [2.45, 2.75) is 32.9 Å². The summed E-state index contributed by atoms with van der Waals surface area (Å²) in [7, 11) is -2.54. The van der Waals surface area contributed by atoms with E-state index >= 15 is 0 Å². The summed E-state index contributed by atoms with van der Waals surface area (Å²) in [6, 6.07) is 20.3. The number of nitro benzene ring substituents is 1. The zero-order valence-corrected chi connectivity index (χ0v) is 24.9. The molecular formula is C30H36N4O7S. The van der Waals surface area contributed by atoms with E-state index in [2.05, 4.69) is 5.32 Å². The van der Waals surface area contributed by atoms with Crippen LogP contribution in [0.5, 0.6) is 5.75 Å². The molecule has 0 saturated carbocycles. The van der Waals surface area contributed by atoms with Crippen LogP contribution in [0.25, 0.3) is 0 Å². The number of carbonyl (C=O) groups excluding carboxylic acids is 2. The van der Waals surface area contributed by atoms with Crippen molar-refractivity contribution in [2.75, 3.05) is 30.8 Å². The van der Waals surface area contributed by atoms with E-state index in [1.54, 1.807) is 24.3 Å². The fourth-order valence-electron chi connectivity index (χ4n) is 4.32. The molecule has 12 heteroatoms. The summed E-state index contributed by atoms with van der Waals surface area (Å²) in [6.07, 6.45) is 1.10. The Balaban J connectivity index is 2.08. The van der Waals surface area contributed by atoms with Gasteiger partial charge < -0.3 is 15.0 Å². The molecule has 0 radical (unpaired) electrons. The Hall–Kier alpha value is -4.45. The summed E-state index contributed by atoms with van der Waals surface area (Å²) >= 11 is 0. The van der Waals surface area contributed by atoms with Crippen LogP contribution in [0.15, 0.2) is 78.9 Å². The maximum atomic E-state index is 14.1. The molecule has 1 N–H and O–H groups in total. The van der Waals surface area contributed by atoms with Crippen LogP contribution in [0.1, 0.15) is 25.0 Å². The number of carbonyl (C=O) groups is 2. The Morgan fingerprint density at radius 2 is 1.64 bits per heavy atom. The minimum Gasteiger partial charge on any atom is -0.497 e. The molecule has 1 atom stereocenters. The molecule has 2 amide bonds. The Kier molecular flexibility index (Phi) is 11.0. The Labute approximate surface area is 246 Å². The third-order valence-corrected chi connectivity index (χ3v) is 7.59. The van der Waals surface area contributed by atoms with Gasteiger partial charge >= 0.3 is 0 Å². The van der Waals surface area contributed by atoms with Crippen molar-refractivity contribution in [3.05, 3.63) is 100 Å². The molecule has 0 fully saturated rings. The number of nitrogens with zero attached hydrogens (tertiary/aromatic N) is 3. The fraction of sp³-hybridized carbons (Fsp3) is 0.333. The van der Waals surface area contributed by atoms with E-state index in [4.69, 9.17) is 4.74 Å². The molecule has 0 heterocycles. The van der Waals surface area contributed by atoms with E-state index in [1.165, 1.54) is 30.2 Å². The topological polar surface area (TPSA) is 139 Å². The minimum atomic E-state index is -4.06. The van der Waals surface area contributed by atoms with Gasteiger partial charge in [-0.1, -0.05) is 62.4 Å². The highest BCUT2D eigenvalue weighted by Gasteiger charge is 2.33. The second-order valence-corrected chi connectivity index (χ2v) is 12.2. The number of sulfonamides is 1. The van der Waals surface area contributed by atoms with Crippen molar-refractivity contribution in [3.63, 3.8) is 0 Å². The lowest BCUT2D eigenvalue weighted by Crippen LogP contribution is -2.53. The maximum absolute atomic E-state index is 14.1. The molecular weight excluding hydrogens is 560 g/mol. The van der Waals surface area contributed by atoms with E-state index < -0.39 is 33.4 Å². The lowest BCUT2D eigenvalue weighted by molar-refractivity contribution is -0.384. The predicted molar refractivity (Wildman–Crippen MR) is 161 cm³/mol. The summed E-state index contributed by atoms with van der Waals surface area (Å²) in [5.74, 6) is -0.331. The summed E-state index contributed by atoms with van der Waals surface area (Å²) < 4.78 is 31.9. The zero-order valence-electron chi connectivity index (χ0n) is 24.1. The van der Waals surface area contributed by atoms with Gasteiger partial charge in [-0.2, -0.15) is 0 Å². The molecule has 0 spiro atoms. The first kappa shape index (κ1) is 32.1. The normalized spacial score (nSPS) is 11.9. The SMILES string of the molecule is COc1cccc(CN(C(=O)CN(c2cccc([N+](=O)[O-])c2)S(C)(=O)=O)C(Cc2ccccc2)C(=O)NCC(C)C)c1. The van der Waals surface area contributed by atoms with Crippen LogP contribution in [-0.2, 0) is 32.6 Å². The highest BCUT2D eigenvalue weighted by atomic mass is 32.2. The summed E-state index contributed by atoms with van der Waals surface area (Å²) in [5, 5.41) is 14.3. The summed E-state index contributed by atoms with van der Waals surface area (Å²) in [5.41, 5.74) is 1.12. The van der Waals surface area contributed by atoms with Crippen LogP contribution in [0, 0.1) is 16.0 Å². The van der Waals surface area contributed by atoms with Gasteiger partial charge in [0.05, 0.1) is 24.0 Å². The molecule has 3 aromatic rings. The molecule has 0 aromatic heterocycles. The first-order valence-electron chi connectivity index (χ1n) is 13.3. The van der Waals surface area contributed by atoms with Gasteiger partial charge in [0.25, 0.3) is 5.69 Å². The van der Waals surface area contributed by atoms with Gasteiger partial charge in [-0.15, -0.1) is 0 Å². The van der Waals surface area contributed by atoms with Crippen molar-refractivity contribution in [3.8, 4) is 5.75 Å². The van der Waals surface area contributed by atoms with Gasteiger partial charge in [-0.05, 0) is 35.2 Å². The maximum Gasteiger partial charge on any atom is 0.271 e. The van der Waals surface area contributed by atoms with Crippen molar-refractivity contribution in [2.24, 2.45) is 5.92 Å². The number of benzene rings is 3. The Morgan fingerprint density at radius 3 is 2.26 bits per heavy atom. The molecule has 1 unspecified atom stereocenters. The molecule has 11 nitrogen and oxygen atoms in total. The van der Waals surface area contributed by atoms with Crippen LogP contribution >= 0.6 is 0 Å². The molecule has 0 aliphatic heterocycles. The van der Waals surface area contributed by atoms with Gasteiger partial charge in [0.15, 0.2) is 0 Å². The smallest absolute Gasteiger partial charge is 0.271 e. The number of amides is 2. The standard InChI is InChI=1S/C30H36N4O7S/c1-22(2)19-31-30(36)28(17-23-10-6-5-7-11-23)32(20-24-12-8-15-27(16-24)41-3)29(35)21-33(42(4,39)40)25-13-9-14-26(18-25)34(37)38/h5-16,18,22,28H,17,19-21H2,1-4H3,(H,31,36). The van der Waals surface area contributed by atoms with Gasteiger partial charge in [0.1, 0.15) is 18.3 Å². The number of non-ortho nitro benzene ring substituents is 1. The van der Waals surface area contributed by atoms with E-state index in [1.807, 2.05) is 44.2 Å². The van der Waals surface area contributed by atoms with Gasteiger partial charge in [0.2, 0.25) is 21.8 Å². The monoisotopic (exact) mass is 596 g/mol. The molecule has 3 aromatic carbocycles. The highest BCUT2D eigenvalue weighted by Crippen LogP contribution is 2.25.